The van der Waals surface area contributed by atoms with E-state index in [1.54, 1.807) is 49.4 Å². The number of imide groups is 2. The van der Waals surface area contributed by atoms with Gasteiger partial charge in [-0.15, -0.1) is 0 Å². The summed E-state index contributed by atoms with van der Waals surface area (Å²) in [4.78, 5) is 38.9. The van der Waals surface area contributed by atoms with E-state index in [2.05, 4.69) is 21.2 Å². The molecule has 3 rings (SSSR count). The summed E-state index contributed by atoms with van der Waals surface area (Å²) in [6, 6.07) is 11.1. The van der Waals surface area contributed by atoms with E-state index in [1.165, 1.54) is 6.08 Å². The van der Waals surface area contributed by atoms with Gasteiger partial charge in [-0.2, -0.15) is 0 Å². The number of ether oxygens (including phenoxy) is 2. The molecule has 0 aromatic heterocycles. The van der Waals surface area contributed by atoms with Crippen molar-refractivity contribution in [1.29, 1.82) is 0 Å². The van der Waals surface area contributed by atoms with Crippen molar-refractivity contribution in [2.75, 3.05) is 18.1 Å². The van der Waals surface area contributed by atoms with E-state index in [0.29, 0.717) is 30.3 Å². The van der Waals surface area contributed by atoms with E-state index in [-0.39, 0.29) is 11.3 Å². The number of benzene rings is 2. The first kappa shape index (κ1) is 20.6. The van der Waals surface area contributed by atoms with E-state index in [0.717, 1.165) is 9.37 Å². The minimum absolute atomic E-state index is 0.185. The fourth-order valence-corrected chi connectivity index (χ4v) is 3.25. The molecular weight excluding hydrogens is 440 g/mol. The highest BCUT2D eigenvalue weighted by Crippen LogP contribution is 2.32. The number of nitrogens with one attached hydrogen (secondary N) is 1. The van der Waals surface area contributed by atoms with Crippen molar-refractivity contribution < 1.29 is 23.9 Å². The van der Waals surface area contributed by atoms with Gasteiger partial charge < -0.3 is 9.47 Å². The van der Waals surface area contributed by atoms with Crippen LogP contribution in [0.2, 0.25) is 0 Å². The number of para-hydroxylation sites is 2. The lowest BCUT2D eigenvalue weighted by molar-refractivity contribution is -0.122. The number of hydrogen-bond donors (Lipinski definition) is 1. The van der Waals surface area contributed by atoms with Gasteiger partial charge in [-0.3, -0.25) is 14.9 Å². The fourth-order valence-electron chi connectivity index (χ4n) is 2.87. The summed E-state index contributed by atoms with van der Waals surface area (Å²) in [5, 5.41) is 2.21. The zero-order chi connectivity index (χ0) is 21.0. The van der Waals surface area contributed by atoms with Gasteiger partial charge in [0.05, 0.1) is 18.9 Å². The molecule has 1 saturated heterocycles. The Hall–Kier alpha value is -3.13. The number of rotatable bonds is 6. The Kier molecular flexibility index (Phi) is 6.33. The zero-order valence-corrected chi connectivity index (χ0v) is 17.5. The van der Waals surface area contributed by atoms with Crippen LogP contribution in [0.1, 0.15) is 19.4 Å². The van der Waals surface area contributed by atoms with Crippen molar-refractivity contribution in [3.63, 3.8) is 0 Å². The normalized spacial score (nSPS) is 15.5. The van der Waals surface area contributed by atoms with Crippen LogP contribution in [0.15, 0.2) is 52.5 Å². The summed E-state index contributed by atoms with van der Waals surface area (Å²) < 4.78 is 11.9. The third-order valence-electron chi connectivity index (χ3n) is 4.08. The lowest BCUT2D eigenvalue weighted by Crippen LogP contribution is -2.54. The van der Waals surface area contributed by atoms with Gasteiger partial charge in [-0.05, 0) is 50.3 Å². The molecule has 1 aliphatic rings. The van der Waals surface area contributed by atoms with E-state index >= 15 is 0 Å². The maximum Gasteiger partial charge on any atom is 0.336 e. The molecule has 0 atom stereocenters. The molecule has 29 heavy (non-hydrogen) atoms. The van der Waals surface area contributed by atoms with E-state index in [1.807, 2.05) is 6.92 Å². The van der Waals surface area contributed by atoms with Gasteiger partial charge in [0.2, 0.25) is 0 Å². The summed E-state index contributed by atoms with van der Waals surface area (Å²) in [5.41, 5.74) is 0.608. The first-order valence-corrected chi connectivity index (χ1v) is 9.81. The zero-order valence-electron chi connectivity index (χ0n) is 15.9. The van der Waals surface area contributed by atoms with Gasteiger partial charge in [0, 0.05) is 10.0 Å². The number of carbonyl (C=O) groups is 3. The van der Waals surface area contributed by atoms with Crippen LogP contribution < -0.4 is 19.7 Å². The smallest absolute Gasteiger partial charge is 0.336 e. The first-order chi connectivity index (χ1) is 14.0. The molecule has 7 nitrogen and oxygen atoms in total. The predicted octanol–water partition coefficient (Wildman–Crippen LogP) is 3.91. The lowest BCUT2D eigenvalue weighted by Gasteiger charge is -2.27. The summed E-state index contributed by atoms with van der Waals surface area (Å²) in [6.45, 7) is 4.41. The molecule has 0 unspecified atom stereocenters. The van der Waals surface area contributed by atoms with Crippen molar-refractivity contribution in [1.82, 2.24) is 5.32 Å². The molecule has 0 aliphatic carbocycles. The number of carbonyl (C=O) groups excluding carboxylic acids is 3. The average Bonchev–Trinajstić information content (AvgIpc) is 2.68. The number of nitrogens with zero attached hydrogens (tertiary/aromatic N) is 1. The van der Waals surface area contributed by atoms with Crippen molar-refractivity contribution in [3.05, 3.63) is 58.1 Å². The molecular formula is C21H19BrN2O5. The predicted molar refractivity (Wildman–Crippen MR) is 112 cm³/mol. The molecule has 8 heteroatoms. The van der Waals surface area contributed by atoms with Crippen LogP contribution in [0.3, 0.4) is 0 Å². The van der Waals surface area contributed by atoms with Crippen molar-refractivity contribution in [2.45, 2.75) is 13.8 Å². The van der Waals surface area contributed by atoms with Gasteiger partial charge in [0.15, 0.2) is 0 Å². The summed E-state index contributed by atoms with van der Waals surface area (Å²) in [7, 11) is 0. The summed E-state index contributed by atoms with van der Waals surface area (Å²) in [5.74, 6) is -0.632. The fraction of sp³-hybridized carbons (Fsp3) is 0.190. The molecule has 2 aromatic rings. The van der Waals surface area contributed by atoms with Gasteiger partial charge in [0.1, 0.15) is 17.1 Å². The average molecular weight is 459 g/mol. The summed E-state index contributed by atoms with van der Waals surface area (Å²) >= 11 is 3.38. The third-order valence-corrected chi connectivity index (χ3v) is 4.57. The van der Waals surface area contributed by atoms with Crippen LogP contribution in [-0.4, -0.2) is 31.1 Å². The Bertz CT molecular complexity index is 1000. The highest BCUT2D eigenvalue weighted by molar-refractivity contribution is 9.10. The highest BCUT2D eigenvalue weighted by Gasteiger charge is 2.38. The number of amides is 4. The van der Waals surface area contributed by atoms with Crippen LogP contribution in [0.4, 0.5) is 10.5 Å². The molecule has 0 radical (unpaired) electrons. The second-order valence-electron chi connectivity index (χ2n) is 5.97. The Balaban J connectivity index is 2.07. The quantitative estimate of drug-likeness (QED) is 0.523. The molecule has 0 bridgehead atoms. The third kappa shape index (κ3) is 4.32. The number of anilines is 1. The molecule has 150 valence electrons. The SMILES string of the molecule is CCOc1ccc(Br)cc1/C=C1\C(=O)NC(=O)N(c2ccccc2OCC)C1=O. The monoisotopic (exact) mass is 458 g/mol. The maximum atomic E-state index is 13.1. The van der Waals surface area contributed by atoms with Crippen molar-refractivity contribution in [2.24, 2.45) is 0 Å². The number of halogens is 1. The molecule has 1 fully saturated rings. The van der Waals surface area contributed by atoms with E-state index < -0.39 is 17.8 Å². The van der Waals surface area contributed by atoms with Crippen LogP contribution in [0, 0.1) is 0 Å². The molecule has 4 amide bonds. The topological polar surface area (TPSA) is 84.9 Å². The molecule has 2 aromatic carbocycles. The van der Waals surface area contributed by atoms with Crippen LogP contribution >= 0.6 is 15.9 Å². The van der Waals surface area contributed by atoms with Gasteiger partial charge >= 0.3 is 6.03 Å². The number of hydrogen-bond acceptors (Lipinski definition) is 5. The Morgan fingerprint density at radius 1 is 1.00 bits per heavy atom. The lowest BCUT2D eigenvalue weighted by atomic mass is 10.1. The molecule has 1 N–H and O–H groups in total. The minimum Gasteiger partial charge on any atom is -0.493 e. The summed E-state index contributed by atoms with van der Waals surface area (Å²) in [6.07, 6.45) is 1.41. The Morgan fingerprint density at radius 3 is 2.41 bits per heavy atom. The Morgan fingerprint density at radius 2 is 1.69 bits per heavy atom. The second-order valence-corrected chi connectivity index (χ2v) is 6.89. The second kappa shape index (κ2) is 8.91. The molecule has 0 saturated carbocycles. The van der Waals surface area contributed by atoms with E-state index in [4.69, 9.17) is 9.47 Å². The van der Waals surface area contributed by atoms with Gasteiger partial charge in [-0.25, -0.2) is 9.69 Å². The van der Waals surface area contributed by atoms with Crippen molar-refractivity contribution >= 4 is 45.5 Å². The van der Waals surface area contributed by atoms with Gasteiger partial charge in [-0.1, -0.05) is 28.1 Å². The molecule has 1 heterocycles. The number of barbiturate groups is 1. The minimum atomic E-state index is -0.830. The standard InChI is InChI=1S/C21H19BrN2O5/c1-3-28-17-10-9-14(22)11-13(17)12-15-19(25)23-21(27)24(20(15)26)16-7-5-6-8-18(16)29-4-2/h5-12H,3-4H2,1-2H3,(H,23,25,27)/b15-12+. The number of urea groups is 1. The molecule has 0 spiro atoms. The van der Waals surface area contributed by atoms with Crippen LogP contribution in [-0.2, 0) is 9.59 Å². The van der Waals surface area contributed by atoms with Crippen molar-refractivity contribution in [3.8, 4) is 11.5 Å². The Labute approximate surface area is 176 Å². The van der Waals surface area contributed by atoms with Gasteiger partial charge in [0.25, 0.3) is 11.8 Å². The van der Waals surface area contributed by atoms with Crippen LogP contribution in [0.5, 0.6) is 11.5 Å². The molecule has 1 aliphatic heterocycles. The maximum absolute atomic E-state index is 13.1. The largest absolute Gasteiger partial charge is 0.493 e. The van der Waals surface area contributed by atoms with Crippen LogP contribution in [0.25, 0.3) is 6.08 Å². The van der Waals surface area contributed by atoms with E-state index in [9.17, 15) is 14.4 Å². The highest BCUT2D eigenvalue weighted by atomic mass is 79.9. The first-order valence-electron chi connectivity index (χ1n) is 9.01.